The van der Waals surface area contributed by atoms with Gasteiger partial charge in [-0.1, -0.05) is 17.3 Å². The molecular weight excluding hydrogens is 242 g/mol. The highest BCUT2D eigenvalue weighted by Crippen LogP contribution is 2.09. The zero-order valence-electron chi connectivity index (χ0n) is 11.1. The Kier molecular flexibility index (Phi) is 4.25. The lowest BCUT2D eigenvalue weighted by molar-refractivity contribution is -0.116. The lowest BCUT2D eigenvalue weighted by atomic mass is 10.2. The summed E-state index contributed by atoms with van der Waals surface area (Å²) >= 11 is 0. The van der Waals surface area contributed by atoms with Crippen LogP contribution < -0.4 is 10.6 Å². The predicted octanol–water partition coefficient (Wildman–Crippen LogP) is 0.945. The maximum atomic E-state index is 11.8. The Morgan fingerprint density at radius 2 is 2.26 bits per heavy atom. The number of aryl methyl sites for hydroxylation is 1. The molecule has 2 rings (SSSR count). The largest absolute Gasteiger partial charge is 0.324 e. The van der Waals surface area contributed by atoms with Crippen molar-refractivity contribution in [1.29, 1.82) is 0 Å². The van der Waals surface area contributed by atoms with E-state index in [9.17, 15) is 4.79 Å². The second kappa shape index (κ2) is 6.10. The first kappa shape index (κ1) is 13.2. The standard InChI is InChI=1S/C13H17N5O/c1-10-4-3-5-11(6-10)15-13(19)9-18-8-12(7-14-2)16-17-18/h3-6,8,14H,7,9H2,1-2H3,(H,15,19). The highest BCUT2D eigenvalue weighted by atomic mass is 16.2. The van der Waals surface area contributed by atoms with E-state index in [1.807, 2.05) is 38.2 Å². The van der Waals surface area contributed by atoms with E-state index < -0.39 is 0 Å². The lowest BCUT2D eigenvalue weighted by Crippen LogP contribution is -2.19. The van der Waals surface area contributed by atoms with Crippen molar-refractivity contribution in [1.82, 2.24) is 20.3 Å². The highest BCUT2D eigenvalue weighted by molar-refractivity contribution is 5.90. The molecule has 0 atom stereocenters. The van der Waals surface area contributed by atoms with Crippen molar-refractivity contribution in [2.24, 2.45) is 0 Å². The number of rotatable bonds is 5. The molecule has 6 nitrogen and oxygen atoms in total. The van der Waals surface area contributed by atoms with E-state index in [0.717, 1.165) is 16.9 Å². The normalized spacial score (nSPS) is 10.4. The number of hydrogen-bond acceptors (Lipinski definition) is 4. The molecule has 0 radical (unpaired) electrons. The first-order valence-electron chi connectivity index (χ1n) is 6.07. The highest BCUT2D eigenvalue weighted by Gasteiger charge is 2.06. The minimum Gasteiger partial charge on any atom is -0.324 e. The molecule has 2 N–H and O–H groups in total. The van der Waals surface area contributed by atoms with E-state index in [1.165, 1.54) is 4.68 Å². The Morgan fingerprint density at radius 1 is 1.42 bits per heavy atom. The van der Waals surface area contributed by atoms with Gasteiger partial charge in [0.2, 0.25) is 5.91 Å². The molecule has 100 valence electrons. The van der Waals surface area contributed by atoms with E-state index in [4.69, 9.17) is 0 Å². The number of anilines is 1. The number of aromatic nitrogens is 3. The summed E-state index contributed by atoms with van der Waals surface area (Å²) in [6.07, 6.45) is 1.76. The van der Waals surface area contributed by atoms with Gasteiger partial charge in [-0.15, -0.1) is 5.10 Å². The molecule has 1 aromatic carbocycles. The van der Waals surface area contributed by atoms with Crippen LogP contribution in [0.2, 0.25) is 0 Å². The molecular formula is C13H17N5O. The molecule has 0 unspecified atom stereocenters. The Balaban J connectivity index is 1.93. The Labute approximate surface area is 111 Å². The summed E-state index contributed by atoms with van der Waals surface area (Å²) in [5, 5.41) is 13.7. The van der Waals surface area contributed by atoms with E-state index in [1.54, 1.807) is 6.20 Å². The predicted molar refractivity (Wildman–Crippen MR) is 72.6 cm³/mol. The van der Waals surface area contributed by atoms with Crippen molar-refractivity contribution >= 4 is 11.6 Å². The second-order valence-electron chi connectivity index (χ2n) is 4.36. The first-order valence-corrected chi connectivity index (χ1v) is 6.07. The van der Waals surface area contributed by atoms with Crippen LogP contribution in [0.4, 0.5) is 5.69 Å². The van der Waals surface area contributed by atoms with Crippen molar-refractivity contribution in [2.75, 3.05) is 12.4 Å². The van der Waals surface area contributed by atoms with Gasteiger partial charge >= 0.3 is 0 Å². The monoisotopic (exact) mass is 259 g/mol. The summed E-state index contributed by atoms with van der Waals surface area (Å²) in [6.45, 7) is 2.78. The van der Waals surface area contributed by atoms with E-state index in [2.05, 4.69) is 20.9 Å². The number of carbonyl (C=O) groups is 1. The van der Waals surface area contributed by atoms with Crippen molar-refractivity contribution < 1.29 is 4.79 Å². The molecule has 1 heterocycles. The molecule has 0 bridgehead atoms. The average molecular weight is 259 g/mol. The summed E-state index contributed by atoms with van der Waals surface area (Å²) in [6, 6.07) is 7.67. The third-order valence-corrected chi connectivity index (χ3v) is 2.55. The molecule has 0 saturated heterocycles. The van der Waals surface area contributed by atoms with Crippen molar-refractivity contribution in [3.05, 3.63) is 41.7 Å². The zero-order chi connectivity index (χ0) is 13.7. The van der Waals surface area contributed by atoms with Crippen molar-refractivity contribution in [3.8, 4) is 0 Å². The fourth-order valence-electron chi connectivity index (χ4n) is 1.75. The number of carbonyl (C=O) groups excluding carboxylic acids is 1. The maximum absolute atomic E-state index is 11.8. The molecule has 19 heavy (non-hydrogen) atoms. The van der Waals surface area contributed by atoms with Gasteiger partial charge < -0.3 is 10.6 Å². The van der Waals surface area contributed by atoms with Crippen LogP contribution in [0, 0.1) is 6.92 Å². The number of amides is 1. The Morgan fingerprint density at radius 3 is 3.00 bits per heavy atom. The van der Waals surface area contributed by atoms with Crippen LogP contribution >= 0.6 is 0 Å². The zero-order valence-corrected chi connectivity index (χ0v) is 11.1. The third kappa shape index (κ3) is 3.89. The maximum Gasteiger partial charge on any atom is 0.246 e. The van der Waals surface area contributed by atoms with E-state index >= 15 is 0 Å². The van der Waals surface area contributed by atoms with Crippen LogP contribution in [-0.2, 0) is 17.9 Å². The van der Waals surface area contributed by atoms with E-state index in [0.29, 0.717) is 6.54 Å². The van der Waals surface area contributed by atoms with Gasteiger partial charge in [-0.25, -0.2) is 4.68 Å². The molecule has 6 heteroatoms. The number of nitrogens with zero attached hydrogens (tertiary/aromatic N) is 3. The van der Waals surface area contributed by atoms with Gasteiger partial charge in [0.25, 0.3) is 0 Å². The van der Waals surface area contributed by atoms with Gasteiger partial charge in [0.1, 0.15) is 6.54 Å². The molecule has 0 aliphatic heterocycles. The quantitative estimate of drug-likeness (QED) is 0.838. The van der Waals surface area contributed by atoms with E-state index in [-0.39, 0.29) is 12.5 Å². The molecule has 0 aliphatic carbocycles. The minimum atomic E-state index is -0.119. The second-order valence-corrected chi connectivity index (χ2v) is 4.36. The third-order valence-electron chi connectivity index (χ3n) is 2.55. The number of hydrogen-bond donors (Lipinski definition) is 2. The topological polar surface area (TPSA) is 71.8 Å². The van der Waals surface area contributed by atoms with Gasteiger partial charge in [0.15, 0.2) is 0 Å². The SMILES string of the molecule is CNCc1cn(CC(=O)Nc2cccc(C)c2)nn1. The fourth-order valence-corrected chi connectivity index (χ4v) is 1.75. The van der Waals surface area contributed by atoms with Crippen LogP contribution in [0.15, 0.2) is 30.5 Å². The molecule has 0 fully saturated rings. The number of benzene rings is 1. The van der Waals surface area contributed by atoms with Gasteiger partial charge in [-0.3, -0.25) is 4.79 Å². The molecule has 0 aliphatic rings. The molecule has 0 spiro atoms. The van der Waals surface area contributed by atoms with Crippen LogP contribution in [0.5, 0.6) is 0 Å². The summed E-state index contributed by atoms with van der Waals surface area (Å²) in [7, 11) is 1.84. The Bertz CT molecular complexity index is 564. The van der Waals surface area contributed by atoms with Gasteiger partial charge in [0.05, 0.1) is 11.9 Å². The van der Waals surface area contributed by atoms with Gasteiger partial charge in [-0.05, 0) is 31.7 Å². The van der Waals surface area contributed by atoms with Gasteiger partial charge in [0, 0.05) is 12.2 Å². The molecule has 1 amide bonds. The minimum absolute atomic E-state index is 0.119. The Hall–Kier alpha value is -2.21. The summed E-state index contributed by atoms with van der Waals surface area (Å²) in [5.74, 6) is -0.119. The van der Waals surface area contributed by atoms with Crippen molar-refractivity contribution in [2.45, 2.75) is 20.0 Å². The number of nitrogens with one attached hydrogen (secondary N) is 2. The first-order chi connectivity index (χ1) is 9.17. The van der Waals surface area contributed by atoms with Crippen LogP contribution in [-0.4, -0.2) is 27.9 Å². The fraction of sp³-hybridized carbons (Fsp3) is 0.308. The summed E-state index contributed by atoms with van der Waals surface area (Å²) in [5.41, 5.74) is 2.71. The molecule has 0 saturated carbocycles. The summed E-state index contributed by atoms with van der Waals surface area (Å²) < 4.78 is 1.53. The van der Waals surface area contributed by atoms with Crippen LogP contribution in [0.25, 0.3) is 0 Å². The molecule has 1 aromatic heterocycles. The summed E-state index contributed by atoms with van der Waals surface area (Å²) in [4.78, 5) is 11.8. The average Bonchev–Trinajstić information content (AvgIpc) is 2.77. The lowest BCUT2D eigenvalue weighted by Gasteiger charge is -2.05. The molecule has 2 aromatic rings. The van der Waals surface area contributed by atoms with Crippen LogP contribution in [0.3, 0.4) is 0 Å². The smallest absolute Gasteiger partial charge is 0.246 e. The van der Waals surface area contributed by atoms with Gasteiger partial charge in [-0.2, -0.15) is 0 Å². The van der Waals surface area contributed by atoms with Crippen molar-refractivity contribution in [3.63, 3.8) is 0 Å². The van der Waals surface area contributed by atoms with Crippen LogP contribution in [0.1, 0.15) is 11.3 Å².